The Morgan fingerprint density at radius 2 is 2.41 bits per heavy atom. The monoisotopic (exact) mass is 298 g/mol. The van der Waals surface area contributed by atoms with E-state index in [0.29, 0.717) is 5.75 Å². The van der Waals surface area contributed by atoms with Crippen molar-refractivity contribution in [3.8, 4) is 5.75 Å². The highest BCUT2D eigenvalue weighted by Gasteiger charge is 2.22. The molecule has 0 spiro atoms. The van der Waals surface area contributed by atoms with Crippen LogP contribution in [-0.4, -0.2) is 26.1 Å². The summed E-state index contributed by atoms with van der Waals surface area (Å²) in [6.07, 6.45) is 0.902. The molecule has 92 valence electrons. The van der Waals surface area contributed by atoms with Crippen molar-refractivity contribution in [3.05, 3.63) is 22.7 Å². The molecule has 1 fully saturated rings. The smallest absolute Gasteiger partial charge is 0.228 e. The number of benzene rings is 1. The minimum Gasteiger partial charge on any atom is -0.495 e. The fourth-order valence-corrected chi connectivity index (χ4v) is 2.27. The number of anilines is 1. The van der Waals surface area contributed by atoms with Crippen LogP contribution >= 0.6 is 15.9 Å². The van der Waals surface area contributed by atoms with Gasteiger partial charge in [0.15, 0.2) is 0 Å². The van der Waals surface area contributed by atoms with Gasteiger partial charge in [-0.15, -0.1) is 0 Å². The number of amides is 1. The van der Waals surface area contributed by atoms with E-state index in [1.165, 1.54) is 0 Å². The van der Waals surface area contributed by atoms with Crippen LogP contribution in [0.15, 0.2) is 22.7 Å². The minimum atomic E-state index is 0.0689. The summed E-state index contributed by atoms with van der Waals surface area (Å²) >= 11 is 3.38. The summed E-state index contributed by atoms with van der Waals surface area (Å²) in [6, 6.07) is 5.53. The molecule has 0 radical (unpaired) electrons. The molecule has 1 atom stereocenters. The first kappa shape index (κ1) is 12.4. The van der Waals surface area contributed by atoms with Crippen molar-refractivity contribution >= 4 is 27.5 Å². The van der Waals surface area contributed by atoms with Crippen molar-refractivity contribution in [1.82, 2.24) is 5.32 Å². The van der Waals surface area contributed by atoms with Crippen LogP contribution in [0.3, 0.4) is 0 Å². The molecule has 1 aromatic rings. The molecule has 0 aromatic heterocycles. The van der Waals surface area contributed by atoms with Gasteiger partial charge in [0.05, 0.1) is 17.5 Å². The summed E-state index contributed by atoms with van der Waals surface area (Å²) in [5.74, 6) is 0.858. The Morgan fingerprint density at radius 3 is 3.06 bits per heavy atom. The Bertz CT molecular complexity index is 417. The molecule has 1 aromatic carbocycles. The molecule has 2 N–H and O–H groups in total. The van der Waals surface area contributed by atoms with Crippen molar-refractivity contribution in [3.63, 3.8) is 0 Å². The van der Waals surface area contributed by atoms with Crippen molar-refractivity contribution in [1.29, 1.82) is 0 Å². The van der Waals surface area contributed by atoms with Crippen molar-refractivity contribution in [2.45, 2.75) is 6.42 Å². The lowest BCUT2D eigenvalue weighted by Gasteiger charge is -2.11. The van der Waals surface area contributed by atoms with Crippen LogP contribution in [-0.2, 0) is 4.79 Å². The third-order valence-corrected chi connectivity index (χ3v) is 3.50. The SMILES string of the molecule is COc1cc(NC(=O)C2CCNC2)ccc1Br. The van der Waals surface area contributed by atoms with Crippen LogP contribution in [0.25, 0.3) is 0 Å². The van der Waals surface area contributed by atoms with Crippen LogP contribution < -0.4 is 15.4 Å². The summed E-state index contributed by atoms with van der Waals surface area (Å²) in [5.41, 5.74) is 0.766. The van der Waals surface area contributed by atoms with Crippen LogP contribution in [0.1, 0.15) is 6.42 Å². The molecule has 5 heteroatoms. The normalized spacial score (nSPS) is 19.1. The van der Waals surface area contributed by atoms with Gasteiger partial charge in [-0.1, -0.05) is 0 Å². The third-order valence-electron chi connectivity index (χ3n) is 2.85. The van der Waals surface area contributed by atoms with Gasteiger partial charge in [0, 0.05) is 18.3 Å². The average Bonchev–Trinajstić information content (AvgIpc) is 2.85. The largest absolute Gasteiger partial charge is 0.495 e. The predicted molar refractivity (Wildman–Crippen MR) is 70.3 cm³/mol. The Labute approximate surface area is 109 Å². The van der Waals surface area contributed by atoms with Gasteiger partial charge in [-0.2, -0.15) is 0 Å². The summed E-state index contributed by atoms with van der Waals surface area (Å²) in [7, 11) is 1.60. The summed E-state index contributed by atoms with van der Waals surface area (Å²) < 4.78 is 6.06. The van der Waals surface area contributed by atoms with Gasteiger partial charge in [-0.05, 0) is 41.0 Å². The molecule has 1 aliphatic rings. The predicted octanol–water partition coefficient (Wildman–Crippen LogP) is 2.01. The van der Waals surface area contributed by atoms with Gasteiger partial charge in [-0.25, -0.2) is 0 Å². The van der Waals surface area contributed by atoms with Crippen LogP contribution in [0.4, 0.5) is 5.69 Å². The van der Waals surface area contributed by atoms with E-state index < -0.39 is 0 Å². The Balaban J connectivity index is 2.05. The minimum absolute atomic E-state index is 0.0689. The molecule has 1 amide bonds. The molecule has 1 aliphatic heterocycles. The maximum absolute atomic E-state index is 11.9. The molecule has 1 heterocycles. The van der Waals surface area contributed by atoms with E-state index in [9.17, 15) is 4.79 Å². The first-order chi connectivity index (χ1) is 8.20. The van der Waals surface area contributed by atoms with E-state index in [1.54, 1.807) is 7.11 Å². The standard InChI is InChI=1S/C12H15BrN2O2/c1-17-11-6-9(2-3-10(11)13)15-12(16)8-4-5-14-7-8/h2-3,6,8,14H,4-5,7H2,1H3,(H,15,16). The average molecular weight is 299 g/mol. The molecule has 2 rings (SSSR count). The maximum atomic E-state index is 11.9. The van der Waals surface area contributed by atoms with E-state index in [0.717, 1.165) is 29.7 Å². The highest BCUT2D eigenvalue weighted by atomic mass is 79.9. The Morgan fingerprint density at radius 1 is 1.59 bits per heavy atom. The number of hydrogen-bond acceptors (Lipinski definition) is 3. The van der Waals surface area contributed by atoms with Crippen LogP contribution in [0.5, 0.6) is 5.75 Å². The highest BCUT2D eigenvalue weighted by molar-refractivity contribution is 9.10. The second-order valence-electron chi connectivity index (χ2n) is 4.03. The number of rotatable bonds is 3. The zero-order valence-corrected chi connectivity index (χ0v) is 11.2. The molecule has 1 unspecified atom stereocenters. The third kappa shape index (κ3) is 2.98. The first-order valence-corrected chi connectivity index (χ1v) is 6.35. The van der Waals surface area contributed by atoms with E-state index >= 15 is 0 Å². The summed E-state index contributed by atoms with van der Waals surface area (Å²) in [4.78, 5) is 11.9. The lowest BCUT2D eigenvalue weighted by atomic mass is 10.1. The Hall–Kier alpha value is -1.07. The number of methoxy groups -OCH3 is 1. The van der Waals surface area contributed by atoms with Gasteiger partial charge in [0.2, 0.25) is 5.91 Å². The lowest BCUT2D eigenvalue weighted by Crippen LogP contribution is -2.24. The number of halogens is 1. The molecular weight excluding hydrogens is 284 g/mol. The van der Waals surface area contributed by atoms with E-state index in [1.807, 2.05) is 18.2 Å². The van der Waals surface area contributed by atoms with E-state index in [-0.39, 0.29) is 11.8 Å². The van der Waals surface area contributed by atoms with Gasteiger partial charge in [0.25, 0.3) is 0 Å². The van der Waals surface area contributed by atoms with Crippen molar-refractivity contribution in [2.24, 2.45) is 5.92 Å². The van der Waals surface area contributed by atoms with Crippen LogP contribution in [0, 0.1) is 5.92 Å². The number of ether oxygens (including phenoxy) is 1. The molecule has 0 aliphatic carbocycles. The Kier molecular flexibility index (Phi) is 4.02. The second kappa shape index (κ2) is 5.51. The van der Waals surface area contributed by atoms with E-state index in [2.05, 4.69) is 26.6 Å². The quantitative estimate of drug-likeness (QED) is 0.897. The summed E-state index contributed by atoms with van der Waals surface area (Å²) in [6.45, 7) is 1.68. The summed E-state index contributed by atoms with van der Waals surface area (Å²) in [5, 5.41) is 6.08. The van der Waals surface area contributed by atoms with Crippen molar-refractivity contribution in [2.75, 3.05) is 25.5 Å². The van der Waals surface area contributed by atoms with E-state index in [4.69, 9.17) is 4.74 Å². The first-order valence-electron chi connectivity index (χ1n) is 5.56. The number of hydrogen-bond donors (Lipinski definition) is 2. The zero-order valence-electron chi connectivity index (χ0n) is 9.63. The number of nitrogens with one attached hydrogen (secondary N) is 2. The molecule has 17 heavy (non-hydrogen) atoms. The van der Waals surface area contributed by atoms with Gasteiger partial charge >= 0.3 is 0 Å². The fraction of sp³-hybridized carbons (Fsp3) is 0.417. The number of carbonyl (C=O) groups excluding carboxylic acids is 1. The second-order valence-corrected chi connectivity index (χ2v) is 4.88. The van der Waals surface area contributed by atoms with Gasteiger partial charge < -0.3 is 15.4 Å². The van der Waals surface area contributed by atoms with Gasteiger partial charge in [-0.3, -0.25) is 4.79 Å². The molecular formula is C12H15BrN2O2. The fourth-order valence-electron chi connectivity index (χ4n) is 1.86. The van der Waals surface area contributed by atoms with Crippen molar-refractivity contribution < 1.29 is 9.53 Å². The number of carbonyl (C=O) groups is 1. The lowest BCUT2D eigenvalue weighted by molar-refractivity contribution is -0.119. The zero-order chi connectivity index (χ0) is 12.3. The topological polar surface area (TPSA) is 50.4 Å². The van der Waals surface area contributed by atoms with Gasteiger partial charge in [0.1, 0.15) is 5.75 Å². The molecule has 0 bridgehead atoms. The molecule has 4 nitrogen and oxygen atoms in total. The highest BCUT2D eigenvalue weighted by Crippen LogP contribution is 2.28. The molecule has 0 saturated carbocycles. The molecule has 1 saturated heterocycles. The van der Waals surface area contributed by atoms with Crippen LogP contribution in [0.2, 0.25) is 0 Å². The maximum Gasteiger partial charge on any atom is 0.228 e.